The van der Waals surface area contributed by atoms with E-state index in [4.69, 9.17) is 21.7 Å². The summed E-state index contributed by atoms with van der Waals surface area (Å²) >= 11 is 6.44. The summed E-state index contributed by atoms with van der Waals surface area (Å²) in [6.07, 6.45) is 3.38. The highest BCUT2D eigenvalue weighted by atomic mass is 35.5. The van der Waals surface area contributed by atoms with E-state index in [1.807, 2.05) is 6.07 Å². The molecule has 2 aromatic rings. The molecule has 0 spiro atoms. The third-order valence-electron chi connectivity index (χ3n) is 5.06. The van der Waals surface area contributed by atoms with Gasteiger partial charge in [-0.15, -0.1) is 0 Å². The van der Waals surface area contributed by atoms with Gasteiger partial charge in [0.15, 0.2) is 0 Å². The SMILES string of the molecule is CCOC(=O)c1cnc(NC2CCN(Cc3ccccc3)CC2)c(C(C)=N)c1Cl. The third kappa shape index (κ3) is 5.34. The Labute approximate surface area is 176 Å². The predicted molar refractivity (Wildman–Crippen MR) is 116 cm³/mol. The lowest BCUT2D eigenvalue weighted by atomic mass is 10.0. The van der Waals surface area contributed by atoms with Crippen LogP contribution in [0.3, 0.4) is 0 Å². The normalized spacial score (nSPS) is 15.1. The smallest absolute Gasteiger partial charge is 0.341 e. The van der Waals surface area contributed by atoms with Gasteiger partial charge in [0.25, 0.3) is 0 Å². The Kier molecular flexibility index (Phi) is 7.23. The summed E-state index contributed by atoms with van der Waals surface area (Å²) in [6.45, 7) is 6.57. The van der Waals surface area contributed by atoms with E-state index >= 15 is 0 Å². The molecule has 1 saturated heterocycles. The first-order valence-electron chi connectivity index (χ1n) is 9.93. The number of rotatable bonds is 7. The quantitative estimate of drug-likeness (QED) is 0.519. The van der Waals surface area contributed by atoms with Gasteiger partial charge in [-0.25, -0.2) is 9.78 Å². The number of benzene rings is 1. The van der Waals surface area contributed by atoms with Crippen molar-refractivity contribution in [3.8, 4) is 0 Å². The van der Waals surface area contributed by atoms with Gasteiger partial charge in [0.05, 0.1) is 22.8 Å². The number of piperidine rings is 1. The Hall–Kier alpha value is -2.44. The summed E-state index contributed by atoms with van der Waals surface area (Å²) < 4.78 is 5.03. The molecule has 2 heterocycles. The Morgan fingerprint density at radius 1 is 1.31 bits per heavy atom. The number of ether oxygens (including phenoxy) is 1. The number of nitrogens with zero attached hydrogens (tertiary/aromatic N) is 2. The van der Waals surface area contributed by atoms with Gasteiger partial charge in [0.2, 0.25) is 0 Å². The van der Waals surface area contributed by atoms with Crippen LogP contribution in [-0.4, -0.2) is 47.3 Å². The highest BCUT2D eigenvalue weighted by Crippen LogP contribution is 2.29. The number of carbonyl (C=O) groups excluding carboxylic acids is 1. The standard InChI is InChI=1S/C22H27ClN4O2/c1-3-29-22(28)18-13-25-21(19(15(2)24)20(18)23)26-17-9-11-27(12-10-17)14-16-7-5-4-6-8-16/h4-8,13,17,24H,3,9-12,14H2,1-2H3,(H,25,26). The van der Waals surface area contributed by atoms with Crippen LogP contribution in [-0.2, 0) is 11.3 Å². The van der Waals surface area contributed by atoms with Gasteiger partial charge in [-0.1, -0.05) is 41.9 Å². The summed E-state index contributed by atoms with van der Waals surface area (Å²) in [5, 5.41) is 11.8. The molecule has 0 unspecified atom stereocenters. The zero-order valence-corrected chi connectivity index (χ0v) is 17.6. The number of hydrogen-bond acceptors (Lipinski definition) is 6. The summed E-state index contributed by atoms with van der Waals surface area (Å²) in [7, 11) is 0. The lowest BCUT2D eigenvalue weighted by molar-refractivity contribution is 0.0526. The predicted octanol–water partition coefficient (Wildman–Crippen LogP) is 4.38. The molecule has 3 rings (SSSR count). The highest BCUT2D eigenvalue weighted by Gasteiger charge is 2.24. The fraction of sp³-hybridized carbons (Fsp3) is 0.409. The van der Waals surface area contributed by atoms with Crippen LogP contribution in [0, 0.1) is 5.41 Å². The van der Waals surface area contributed by atoms with Crippen molar-refractivity contribution in [3.05, 3.63) is 58.2 Å². The number of pyridine rings is 1. The van der Waals surface area contributed by atoms with Crippen LogP contribution in [0.5, 0.6) is 0 Å². The zero-order valence-electron chi connectivity index (χ0n) is 16.9. The van der Waals surface area contributed by atoms with Crippen LogP contribution in [0.15, 0.2) is 36.5 Å². The van der Waals surface area contributed by atoms with Crippen molar-refractivity contribution in [3.63, 3.8) is 0 Å². The number of hydrogen-bond donors (Lipinski definition) is 2. The largest absolute Gasteiger partial charge is 0.462 e. The van der Waals surface area contributed by atoms with Gasteiger partial charge < -0.3 is 15.5 Å². The Morgan fingerprint density at radius 2 is 2.00 bits per heavy atom. The molecule has 1 fully saturated rings. The molecule has 2 N–H and O–H groups in total. The molecule has 1 aromatic heterocycles. The van der Waals surface area contributed by atoms with Crippen LogP contribution < -0.4 is 5.32 Å². The lowest BCUT2D eigenvalue weighted by Crippen LogP contribution is -2.39. The lowest BCUT2D eigenvalue weighted by Gasteiger charge is -2.33. The minimum absolute atomic E-state index is 0.193. The molecule has 0 amide bonds. The van der Waals surface area contributed by atoms with Gasteiger partial charge in [0.1, 0.15) is 5.82 Å². The Balaban J connectivity index is 1.66. The first-order chi connectivity index (χ1) is 14.0. The van der Waals surface area contributed by atoms with Crippen molar-refractivity contribution in [2.24, 2.45) is 0 Å². The molecule has 154 valence electrons. The molecule has 0 atom stereocenters. The van der Waals surface area contributed by atoms with E-state index in [2.05, 4.69) is 39.5 Å². The van der Waals surface area contributed by atoms with Crippen molar-refractivity contribution in [1.82, 2.24) is 9.88 Å². The molecule has 1 aliphatic rings. The van der Waals surface area contributed by atoms with Gasteiger partial charge in [-0.2, -0.15) is 0 Å². The number of nitrogens with one attached hydrogen (secondary N) is 2. The van der Waals surface area contributed by atoms with Crippen molar-refractivity contribution in [2.45, 2.75) is 39.3 Å². The molecule has 0 aliphatic carbocycles. The van der Waals surface area contributed by atoms with E-state index in [0.29, 0.717) is 11.4 Å². The Bertz CT molecular complexity index is 865. The first-order valence-corrected chi connectivity index (χ1v) is 10.3. The molecule has 7 heteroatoms. The molecule has 0 saturated carbocycles. The molecule has 1 aliphatic heterocycles. The van der Waals surface area contributed by atoms with Crippen LogP contribution in [0.2, 0.25) is 5.02 Å². The summed E-state index contributed by atoms with van der Waals surface area (Å²) in [5.41, 5.74) is 2.24. The van der Waals surface area contributed by atoms with Crippen LogP contribution in [0.1, 0.15) is 48.2 Å². The fourth-order valence-electron chi connectivity index (χ4n) is 3.56. The zero-order chi connectivity index (χ0) is 20.8. The second-order valence-electron chi connectivity index (χ2n) is 7.24. The van der Waals surface area contributed by atoms with E-state index < -0.39 is 5.97 Å². The second-order valence-corrected chi connectivity index (χ2v) is 7.61. The van der Waals surface area contributed by atoms with E-state index in [-0.39, 0.29) is 28.9 Å². The van der Waals surface area contributed by atoms with Crippen molar-refractivity contribution < 1.29 is 9.53 Å². The fourth-order valence-corrected chi connectivity index (χ4v) is 3.92. The number of aromatic nitrogens is 1. The van der Waals surface area contributed by atoms with Gasteiger partial charge in [-0.05, 0) is 32.3 Å². The van der Waals surface area contributed by atoms with Crippen molar-refractivity contribution in [2.75, 3.05) is 25.0 Å². The number of halogens is 1. The van der Waals surface area contributed by atoms with Crippen LogP contribution in [0.4, 0.5) is 5.82 Å². The van der Waals surface area contributed by atoms with E-state index in [9.17, 15) is 4.79 Å². The molecule has 1 aromatic carbocycles. The van der Waals surface area contributed by atoms with Crippen LogP contribution >= 0.6 is 11.6 Å². The maximum absolute atomic E-state index is 12.1. The minimum atomic E-state index is -0.520. The maximum atomic E-state index is 12.1. The number of esters is 1. The average Bonchev–Trinajstić information content (AvgIpc) is 2.70. The van der Waals surface area contributed by atoms with Gasteiger partial charge in [0, 0.05) is 37.6 Å². The van der Waals surface area contributed by atoms with Crippen molar-refractivity contribution >= 4 is 29.1 Å². The molecule has 6 nitrogen and oxygen atoms in total. The monoisotopic (exact) mass is 414 g/mol. The minimum Gasteiger partial charge on any atom is -0.462 e. The van der Waals surface area contributed by atoms with E-state index in [1.54, 1.807) is 13.8 Å². The average molecular weight is 415 g/mol. The third-order valence-corrected chi connectivity index (χ3v) is 5.46. The molecule has 29 heavy (non-hydrogen) atoms. The maximum Gasteiger partial charge on any atom is 0.341 e. The summed E-state index contributed by atoms with van der Waals surface area (Å²) in [5.74, 6) is 0.0327. The topological polar surface area (TPSA) is 78.3 Å². The highest BCUT2D eigenvalue weighted by molar-refractivity contribution is 6.37. The summed E-state index contributed by atoms with van der Waals surface area (Å²) in [6, 6.07) is 10.7. The van der Waals surface area contributed by atoms with Crippen LogP contribution in [0.25, 0.3) is 0 Å². The molecule has 0 bridgehead atoms. The van der Waals surface area contributed by atoms with Gasteiger partial charge in [-0.3, -0.25) is 4.90 Å². The Morgan fingerprint density at radius 3 is 2.62 bits per heavy atom. The van der Waals surface area contributed by atoms with E-state index in [1.165, 1.54) is 11.8 Å². The first kappa shape index (κ1) is 21.3. The number of likely N-dealkylation sites (tertiary alicyclic amines) is 1. The number of anilines is 1. The molecule has 0 radical (unpaired) electrons. The number of carbonyl (C=O) groups is 1. The van der Waals surface area contributed by atoms with E-state index in [0.717, 1.165) is 32.5 Å². The summed E-state index contributed by atoms with van der Waals surface area (Å²) in [4.78, 5) is 18.9. The second kappa shape index (κ2) is 9.85. The van der Waals surface area contributed by atoms with Crippen molar-refractivity contribution in [1.29, 1.82) is 5.41 Å². The van der Waals surface area contributed by atoms with Gasteiger partial charge >= 0.3 is 5.97 Å². The molecular formula is C22H27ClN4O2. The molecular weight excluding hydrogens is 388 g/mol.